The van der Waals surface area contributed by atoms with Gasteiger partial charge in [-0.1, -0.05) is 60.7 Å². The van der Waals surface area contributed by atoms with E-state index in [-0.39, 0.29) is 23.6 Å². The fourth-order valence-corrected chi connectivity index (χ4v) is 3.11. The summed E-state index contributed by atoms with van der Waals surface area (Å²) in [5.74, 6) is -1.20. The third-order valence-electron chi connectivity index (χ3n) is 4.76. The first-order valence-electron chi connectivity index (χ1n) is 11.4. The minimum Gasteiger partial charge on any atom is -0.445 e. The van der Waals surface area contributed by atoms with E-state index in [2.05, 4.69) is 20.9 Å². The second-order valence-corrected chi connectivity index (χ2v) is 8.89. The molecule has 3 amide bonds. The molecule has 0 saturated carbocycles. The van der Waals surface area contributed by atoms with Crippen LogP contribution in [0.25, 0.3) is 0 Å². The molecule has 10 nitrogen and oxygen atoms in total. The highest BCUT2D eigenvalue weighted by atomic mass is 16.6. The van der Waals surface area contributed by atoms with Crippen LogP contribution in [0.1, 0.15) is 42.3 Å². The van der Waals surface area contributed by atoms with Crippen molar-refractivity contribution in [2.45, 2.75) is 39.1 Å². The van der Waals surface area contributed by atoms with Crippen molar-refractivity contribution in [1.29, 1.82) is 0 Å². The van der Waals surface area contributed by atoms with E-state index in [1.807, 2.05) is 6.07 Å². The van der Waals surface area contributed by atoms with Crippen molar-refractivity contribution in [3.8, 4) is 0 Å². The maximum Gasteiger partial charge on any atom is 0.409 e. The average molecular weight is 505 g/mol. The second kappa shape index (κ2) is 12.3. The molecule has 0 aliphatic rings. The highest BCUT2D eigenvalue weighted by Gasteiger charge is 2.27. The van der Waals surface area contributed by atoms with E-state index < -0.39 is 29.9 Å². The van der Waals surface area contributed by atoms with E-state index in [1.165, 1.54) is 18.5 Å². The van der Waals surface area contributed by atoms with Crippen molar-refractivity contribution in [3.63, 3.8) is 0 Å². The van der Waals surface area contributed by atoms with Gasteiger partial charge in [-0.2, -0.15) is 0 Å². The monoisotopic (exact) mass is 504 g/mol. The van der Waals surface area contributed by atoms with Gasteiger partial charge in [0.25, 0.3) is 5.91 Å². The number of rotatable bonds is 8. The van der Waals surface area contributed by atoms with E-state index in [9.17, 15) is 19.2 Å². The van der Waals surface area contributed by atoms with Crippen molar-refractivity contribution < 1.29 is 28.7 Å². The number of nitrogens with zero attached hydrogens (tertiary/aromatic N) is 1. The minimum absolute atomic E-state index is 0.0481. The van der Waals surface area contributed by atoms with E-state index >= 15 is 0 Å². The van der Waals surface area contributed by atoms with Crippen LogP contribution in [0.4, 0.5) is 15.3 Å². The van der Waals surface area contributed by atoms with Crippen molar-refractivity contribution in [2.24, 2.45) is 0 Å². The van der Waals surface area contributed by atoms with Gasteiger partial charge in [0.1, 0.15) is 12.2 Å². The molecule has 0 fully saturated rings. The number of hydrogen-bond donors (Lipinski definition) is 3. The number of anilines is 1. The summed E-state index contributed by atoms with van der Waals surface area (Å²) in [6, 6.07) is 18.9. The molecule has 0 saturated heterocycles. The van der Waals surface area contributed by atoms with Crippen molar-refractivity contribution >= 4 is 29.6 Å². The summed E-state index contributed by atoms with van der Waals surface area (Å²) in [5.41, 5.74) is 0.560. The van der Waals surface area contributed by atoms with Gasteiger partial charge in [-0.25, -0.2) is 9.59 Å². The van der Waals surface area contributed by atoms with Gasteiger partial charge in [-0.3, -0.25) is 25.2 Å². The number of alkyl carbamates (subject to hydrolysis) is 2. The third kappa shape index (κ3) is 8.46. The normalized spacial score (nSPS) is 11.5. The Kier molecular flexibility index (Phi) is 8.93. The molecule has 3 aromatic rings. The van der Waals surface area contributed by atoms with E-state index in [4.69, 9.17) is 9.47 Å². The summed E-state index contributed by atoms with van der Waals surface area (Å²) in [6.45, 7) is 4.92. The fraction of sp³-hybridized carbons (Fsp3) is 0.222. The molecular weight excluding hydrogens is 476 g/mol. The highest BCUT2D eigenvalue weighted by molar-refractivity contribution is 6.14. The molecule has 1 aromatic heterocycles. The molecule has 2 aromatic carbocycles. The summed E-state index contributed by atoms with van der Waals surface area (Å²) in [4.78, 5) is 54.9. The summed E-state index contributed by atoms with van der Waals surface area (Å²) in [7, 11) is 0. The first-order valence-corrected chi connectivity index (χ1v) is 11.4. The number of carbonyl (C=O) groups is 4. The van der Waals surface area contributed by atoms with Crippen LogP contribution in [0.2, 0.25) is 0 Å². The number of benzene rings is 2. The van der Waals surface area contributed by atoms with Gasteiger partial charge in [-0.05, 0) is 32.4 Å². The van der Waals surface area contributed by atoms with Crippen molar-refractivity contribution in [3.05, 3.63) is 95.8 Å². The molecule has 0 bridgehead atoms. The lowest BCUT2D eigenvalue weighted by Crippen LogP contribution is -2.55. The van der Waals surface area contributed by atoms with E-state index in [0.29, 0.717) is 5.56 Å². The zero-order chi connectivity index (χ0) is 26.8. The Morgan fingerprint density at radius 2 is 1.49 bits per heavy atom. The smallest absolute Gasteiger partial charge is 0.409 e. The lowest BCUT2D eigenvalue weighted by atomic mass is 10.0. The number of aromatic nitrogens is 1. The Morgan fingerprint density at radius 3 is 2.14 bits per heavy atom. The largest absolute Gasteiger partial charge is 0.445 e. The summed E-state index contributed by atoms with van der Waals surface area (Å²) < 4.78 is 10.4. The van der Waals surface area contributed by atoms with Crippen LogP contribution in [-0.2, 0) is 20.9 Å². The van der Waals surface area contributed by atoms with Crippen LogP contribution in [0, 0.1) is 0 Å². The molecule has 1 heterocycles. The van der Waals surface area contributed by atoms with Crippen LogP contribution in [-0.4, -0.2) is 40.6 Å². The Bertz CT molecular complexity index is 1240. The molecule has 3 N–H and O–H groups in total. The maximum atomic E-state index is 13.2. The molecular formula is C27H28N4O6. The number of ketones is 1. The topological polar surface area (TPSA) is 136 Å². The standard InChI is InChI=1S/C27H28N4O6/c1-27(2,3)37-26(35)31-23(30-25(34)36-17-18-10-6-4-7-11-18)24(33)29-21-14-15-28-16-20(21)22(32)19-12-8-5-9-13-19/h4-16,23H,17H2,1-3H3,(H,30,34)(H,31,35)(H,28,29,33). The first-order chi connectivity index (χ1) is 17.6. The number of ether oxygens (including phenoxy) is 2. The lowest BCUT2D eigenvalue weighted by Gasteiger charge is -2.24. The molecule has 0 spiro atoms. The zero-order valence-corrected chi connectivity index (χ0v) is 20.7. The third-order valence-corrected chi connectivity index (χ3v) is 4.76. The van der Waals surface area contributed by atoms with Crippen LogP contribution in [0.3, 0.4) is 0 Å². The molecule has 0 aliphatic carbocycles. The number of pyridine rings is 1. The SMILES string of the molecule is CC(C)(C)OC(=O)NC(NC(=O)OCc1ccccc1)C(=O)Nc1ccncc1C(=O)c1ccccc1. The summed E-state index contributed by atoms with van der Waals surface area (Å²) in [5, 5.41) is 7.20. The Balaban J connectivity index is 1.76. The Morgan fingerprint density at radius 1 is 0.865 bits per heavy atom. The van der Waals surface area contributed by atoms with Gasteiger partial charge in [-0.15, -0.1) is 0 Å². The van der Waals surface area contributed by atoms with Gasteiger partial charge in [0.05, 0.1) is 11.3 Å². The van der Waals surface area contributed by atoms with Crippen molar-refractivity contribution in [2.75, 3.05) is 5.32 Å². The van der Waals surface area contributed by atoms with Gasteiger partial charge >= 0.3 is 12.2 Å². The van der Waals surface area contributed by atoms with Crippen LogP contribution >= 0.6 is 0 Å². The zero-order valence-electron chi connectivity index (χ0n) is 20.7. The lowest BCUT2D eigenvalue weighted by molar-refractivity contribution is -0.118. The van der Waals surface area contributed by atoms with Gasteiger partial charge in [0.15, 0.2) is 11.9 Å². The molecule has 192 valence electrons. The number of carbonyl (C=O) groups excluding carboxylic acids is 4. The number of hydrogen-bond acceptors (Lipinski definition) is 7. The molecule has 1 atom stereocenters. The van der Waals surface area contributed by atoms with Crippen molar-refractivity contribution in [1.82, 2.24) is 15.6 Å². The summed E-state index contributed by atoms with van der Waals surface area (Å²) >= 11 is 0. The molecule has 37 heavy (non-hydrogen) atoms. The molecule has 0 aliphatic heterocycles. The molecule has 10 heteroatoms. The fourth-order valence-electron chi connectivity index (χ4n) is 3.11. The number of nitrogens with one attached hydrogen (secondary N) is 3. The minimum atomic E-state index is -1.58. The molecule has 1 unspecified atom stereocenters. The van der Waals surface area contributed by atoms with E-state index in [1.54, 1.807) is 75.4 Å². The molecule has 0 radical (unpaired) electrons. The quantitative estimate of drug-likeness (QED) is 0.311. The predicted molar refractivity (Wildman–Crippen MR) is 136 cm³/mol. The van der Waals surface area contributed by atoms with Gasteiger partial charge in [0, 0.05) is 18.0 Å². The second-order valence-electron chi connectivity index (χ2n) is 8.89. The van der Waals surface area contributed by atoms with Gasteiger partial charge < -0.3 is 14.8 Å². The van der Waals surface area contributed by atoms with Crippen LogP contribution in [0.5, 0.6) is 0 Å². The predicted octanol–water partition coefficient (Wildman–Crippen LogP) is 4.03. The average Bonchev–Trinajstić information content (AvgIpc) is 2.87. The Hall–Kier alpha value is -4.73. The highest BCUT2D eigenvalue weighted by Crippen LogP contribution is 2.18. The van der Waals surface area contributed by atoms with Gasteiger partial charge in [0.2, 0.25) is 0 Å². The van der Waals surface area contributed by atoms with Crippen LogP contribution < -0.4 is 16.0 Å². The first kappa shape index (κ1) is 26.9. The number of amides is 3. The summed E-state index contributed by atoms with van der Waals surface area (Å²) in [6.07, 6.45) is -0.745. The Labute approximate surface area is 214 Å². The maximum absolute atomic E-state index is 13.2. The van der Waals surface area contributed by atoms with Crippen LogP contribution in [0.15, 0.2) is 79.1 Å². The van der Waals surface area contributed by atoms with E-state index in [0.717, 1.165) is 5.56 Å². The molecule has 3 rings (SSSR count).